The zero-order valence-electron chi connectivity index (χ0n) is 11.3. The van der Waals surface area contributed by atoms with Crippen LogP contribution in [0.3, 0.4) is 0 Å². The van der Waals surface area contributed by atoms with E-state index in [2.05, 4.69) is 15.5 Å². The standard InChI is InChI=1S/C16H11Cl2N3S/c17-13-5-1-11(2-6-13)9-19-21-16-20-15(10-22-16)12-3-7-14(18)8-4-12/h1-10H,(H,20,21)/b19-9+. The van der Waals surface area contributed by atoms with Crippen LogP contribution in [-0.4, -0.2) is 11.2 Å². The summed E-state index contributed by atoms with van der Waals surface area (Å²) >= 11 is 13.2. The fourth-order valence-corrected chi connectivity index (χ4v) is 2.71. The molecule has 2 aromatic carbocycles. The summed E-state index contributed by atoms with van der Waals surface area (Å²) < 4.78 is 0. The Morgan fingerprint density at radius 3 is 2.27 bits per heavy atom. The molecule has 110 valence electrons. The molecule has 1 aromatic heterocycles. The highest BCUT2D eigenvalue weighted by atomic mass is 35.5. The quantitative estimate of drug-likeness (QED) is 0.495. The van der Waals surface area contributed by atoms with Crippen LogP contribution in [0.25, 0.3) is 11.3 Å². The first-order chi connectivity index (χ1) is 10.7. The van der Waals surface area contributed by atoms with Gasteiger partial charge < -0.3 is 0 Å². The molecule has 0 bridgehead atoms. The lowest BCUT2D eigenvalue weighted by Gasteiger charge is -1.97. The lowest BCUT2D eigenvalue weighted by atomic mass is 10.2. The Morgan fingerprint density at radius 1 is 0.955 bits per heavy atom. The minimum atomic E-state index is 0.706. The van der Waals surface area contributed by atoms with Gasteiger partial charge in [0.25, 0.3) is 0 Å². The number of nitrogens with one attached hydrogen (secondary N) is 1. The van der Waals surface area contributed by atoms with Gasteiger partial charge in [0.1, 0.15) is 0 Å². The molecule has 0 aliphatic heterocycles. The van der Waals surface area contributed by atoms with Crippen molar-refractivity contribution in [3.05, 3.63) is 69.5 Å². The largest absolute Gasteiger partial charge is 0.253 e. The SMILES string of the molecule is Clc1ccc(/C=N/Nc2nc(-c3ccc(Cl)cc3)cs2)cc1. The molecule has 0 atom stereocenters. The Bertz CT molecular complexity index is 780. The van der Waals surface area contributed by atoms with Gasteiger partial charge in [0, 0.05) is 21.0 Å². The molecule has 0 saturated carbocycles. The summed E-state index contributed by atoms with van der Waals surface area (Å²) in [5, 5.41) is 8.30. The third-order valence-corrected chi connectivity index (χ3v) is 4.14. The van der Waals surface area contributed by atoms with E-state index in [1.807, 2.05) is 53.9 Å². The first-order valence-electron chi connectivity index (χ1n) is 6.47. The van der Waals surface area contributed by atoms with Crippen LogP contribution < -0.4 is 5.43 Å². The second-order valence-electron chi connectivity index (χ2n) is 4.47. The van der Waals surface area contributed by atoms with Crippen molar-refractivity contribution in [2.45, 2.75) is 0 Å². The van der Waals surface area contributed by atoms with Crippen molar-refractivity contribution in [2.75, 3.05) is 5.43 Å². The van der Waals surface area contributed by atoms with Crippen molar-refractivity contribution >= 4 is 45.9 Å². The number of rotatable bonds is 4. The molecule has 3 nitrogen and oxygen atoms in total. The molecular weight excluding hydrogens is 337 g/mol. The van der Waals surface area contributed by atoms with Gasteiger partial charge in [-0.05, 0) is 29.8 Å². The monoisotopic (exact) mass is 347 g/mol. The summed E-state index contributed by atoms with van der Waals surface area (Å²) in [5.41, 5.74) is 5.81. The number of anilines is 1. The number of thiazole rings is 1. The van der Waals surface area contributed by atoms with Crippen molar-refractivity contribution in [1.82, 2.24) is 4.98 Å². The Morgan fingerprint density at radius 2 is 1.59 bits per heavy atom. The molecular formula is C16H11Cl2N3S. The Hall–Kier alpha value is -1.88. The topological polar surface area (TPSA) is 37.3 Å². The summed E-state index contributed by atoms with van der Waals surface area (Å²) in [6.45, 7) is 0. The average Bonchev–Trinajstić information content (AvgIpc) is 2.99. The van der Waals surface area contributed by atoms with Gasteiger partial charge in [-0.15, -0.1) is 11.3 Å². The van der Waals surface area contributed by atoms with Gasteiger partial charge in [-0.2, -0.15) is 5.10 Å². The van der Waals surface area contributed by atoms with E-state index in [-0.39, 0.29) is 0 Å². The lowest BCUT2D eigenvalue weighted by Crippen LogP contribution is -1.90. The van der Waals surface area contributed by atoms with E-state index in [9.17, 15) is 0 Å². The molecule has 1 N–H and O–H groups in total. The van der Waals surface area contributed by atoms with Crippen LogP contribution in [0, 0.1) is 0 Å². The molecule has 0 spiro atoms. The van der Waals surface area contributed by atoms with Crippen molar-refractivity contribution in [2.24, 2.45) is 5.10 Å². The summed E-state index contributed by atoms with van der Waals surface area (Å²) in [7, 11) is 0. The molecule has 0 aliphatic rings. The van der Waals surface area contributed by atoms with Crippen LogP contribution in [0.2, 0.25) is 10.0 Å². The van der Waals surface area contributed by atoms with Crippen LogP contribution >= 0.6 is 34.5 Å². The number of nitrogens with zero attached hydrogens (tertiary/aromatic N) is 2. The van der Waals surface area contributed by atoms with E-state index in [0.717, 1.165) is 22.0 Å². The normalized spacial score (nSPS) is 11.0. The van der Waals surface area contributed by atoms with E-state index < -0.39 is 0 Å². The van der Waals surface area contributed by atoms with E-state index >= 15 is 0 Å². The number of hydrazone groups is 1. The number of benzene rings is 2. The third kappa shape index (κ3) is 3.85. The minimum absolute atomic E-state index is 0.706. The lowest BCUT2D eigenvalue weighted by molar-refractivity contribution is 1.29. The molecule has 0 unspecified atom stereocenters. The van der Waals surface area contributed by atoms with Gasteiger partial charge in [0.15, 0.2) is 0 Å². The number of hydrogen-bond donors (Lipinski definition) is 1. The van der Waals surface area contributed by atoms with Crippen molar-refractivity contribution < 1.29 is 0 Å². The molecule has 3 aromatic rings. The predicted molar refractivity (Wildman–Crippen MR) is 95.2 cm³/mol. The number of aromatic nitrogens is 1. The minimum Gasteiger partial charge on any atom is -0.253 e. The Kier molecular flexibility index (Phi) is 4.73. The van der Waals surface area contributed by atoms with E-state index in [1.54, 1.807) is 6.21 Å². The highest BCUT2D eigenvalue weighted by molar-refractivity contribution is 7.14. The highest BCUT2D eigenvalue weighted by Crippen LogP contribution is 2.25. The second-order valence-corrected chi connectivity index (χ2v) is 6.20. The van der Waals surface area contributed by atoms with Crippen molar-refractivity contribution in [1.29, 1.82) is 0 Å². The van der Waals surface area contributed by atoms with Gasteiger partial charge in [-0.1, -0.05) is 47.5 Å². The molecule has 0 saturated heterocycles. The predicted octanol–water partition coefficient (Wildman–Crippen LogP) is 5.56. The van der Waals surface area contributed by atoms with Crippen LogP contribution in [0.15, 0.2) is 59.0 Å². The van der Waals surface area contributed by atoms with Gasteiger partial charge >= 0.3 is 0 Å². The summed E-state index contributed by atoms with van der Waals surface area (Å²) in [6.07, 6.45) is 1.72. The number of hydrogen-bond acceptors (Lipinski definition) is 4. The molecule has 1 heterocycles. The maximum atomic E-state index is 5.88. The summed E-state index contributed by atoms with van der Waals surface area (Å²) in [6, 6.07) is 15.0. The number of halogens is 2. The maximum absolute atomic E-state index is 5.88. The van der Waals surface area contributed by atoms with Gasteiger partial charge in [-0.3, -0.25) is 5.43 Å². The zero-order valence-corrected chi connectivity index (χ0v) is 13.7. The fourth-order valence-electron chi connectivity index (χ4n) is 1.79. The first kappa shape index (κ1) is 15.0. The summed E-state index contributed by atoms with van der Waals surface area (Å²) in [5.74, 6) is 0. The third-order valence-electron chi connectivity index (χ3n) is 2.89. The molecule has 22 heavy (non-hydrogen) atoms. The van der Waals surface area contributed by atoms with Crippen molar-refractivity contribution in [3.63, 3.8) is 0 Å². The van der Waals surface area contributed by atoms with Crippen LogP contribution in [0.5, 0.6) is 0 Å². The molecule has 6 heteroatoms. The Labute approximate surface area is 142 Å². The van der Waals surface area contributed by atoms with Gasteiger partial charge in [0.05, 0.1) is 11.9 Å². The van der Waals surface area contributed by atoms with E-state index in [4.69, 9.17) is 23.2 Å². The highest BCUT2D eigenvalue weighted by Gasteiger charge is 2.03. The first-order valence-corrected chi connectivity index (χ1v) is 8.10. The second kappa shape index (κ2) is 6.92. The smallest absolute Gasteiger partial charge is 0.203 e. The average molecular weight is 348 g/mol. The molecule has 0 fully saturated rings. The molecule has 0 amide bonds. The summed E-state index contributed by atoms with van der Waals surface area (Å²) in [4.78, 5) is 4.48. The fraction of sp³-hybridized carbons (Fsp3) is 0. The van der Waals surface area contributed by atoms with Crippen LogP contribution in [0.4, 0.5) is 5.13 Å². The van der Waals surface area contributed by atoms with Crippen molar-refractivity contribution in [3.8, 4) is 11.3 Å². The van der Waals surface area contributed by atoms with Gasteiger partial charge in [-0.25, -0.2) is 4.98 Å². The van der Waals surface area contributed by atoms with Crippen LogP contribution in [-0.2, 0) is 0 Å². The molecule has 0 aliphatic carbocycles. The van der Waals surface area contributed by atoms with E-state index in [1.165, 1.54) is 11.3 Å². The zero-order chi connectivity index (χ0) is 15.4. The van der Waals surface area contributed by atoms with Gasteiger partial charge in [0.2, 0.25) is 5.13 Å². The van der Waals surface area contributed by atoms with E-state index in [0.29, 0.717) is 10.0 Å². The molecule has 0 radical (unpaired) electrons. The molecule has 3 rings (SSSR count). The van der Waals surface area contributed by atoms with Crippen LogP contribution in [0.1, 0.15) is 5.56 Å². The Balaban J connectivity index is 1.66. The maximum Gasteiger partial charge on any atom is 0.203 e.